The number of halogens is 3. The van der Waals surface area contributed by atoms with Gasteiger partial charge in [-0.1, -0.05) is 26.7 Å². The summed E-state index contributed by atoms with van der Waals surface area (Å²) in [5, 5.41) is -0.811. The van der Waals surface area contributed by atoms with Crippen molar-refractivity contribution in [2.45, 2.75) is 51.7 Å². The number of hydrogen-bond acceptors (Lipinski definition) is 4. The minimum absolute atomic E-state index is 0.238. The van der Waals surface area contributed by atoms with E-state index in [4.69, 9.17) is 5.84 Å². The van der Waals surface area contributed by atoms with E-state index in [-0.39, 0.29) is 12.0 Å². The number of hydrogen-bond donors (Lipinski definition) is 2. The lowest BCUT2D eigenvalue weighted by atomic mass is 9.90. The molecule has 0 radical (unpaired) electrons. The molecule has 1 heterocycles. The second-order valence-electron chi connectivity index (χ2n) is 4.55. The zero-order valence-electron chi connectivity index (χ0n) is 11.1. The van der Waals surface area contributed by atoms with Crippen molar-refractivity contribution in [3.05, 3.63) is 16.1 Å². The molecule has 1 aromatic heterocycles. The third-order valence-electron chi connectivity index (χ3n) is 3.04. The van der Waals surface area contributed by atoms with Crippen LogP contribution in [0.25, 0.3) is 0 Å². The maximum absolute atomic E-state index is 12.6. The summed E-state index contributed by atoms with van der Waals surface area (Å²) in [6.07, 6.45) is 0.731. The van der Waals surface area contributed by atoms with Crippen LogP contribution in [-0.2, 0) is 6.18 Å². The maximum atomic E-state index is 12.6. The van der Waals surface area contributed by atoms with Crippen LogP contribution >= 0.6 is 11.3 Å². The van der Waals surface area contributed by atoms with Gasteiger partial charge in [-0.2, -0.15) is 13.2 Å². The Labute approximate surface area is 115 Å². The van der Waals surface area contributed by atoms with E-state index >= 15 is 0 Å². The molecule has 0 aromatic carbocycles. The molecule has 1 atom stereocenters. The van der Waals surface area contributed by atoms with Crippen molar-refractivity contribution in [2.75, 3.05) is 0 Å². The van der Waals surface area contributed by atoms with Gasteiger partial charge >= 0.3 is 6.18 Å². The average molecular weight is 295 g/mol. The van der Waals surface area contributed by atoms with Crippen molar-refractivity contribution < 1.29 is 13.2 Å². The predicted octanol–water partition coefficient (Wildman–Crippen LogP) is 3.88. The molecule has 0 spiro atoms. The van der Waals surface area contributed by atoms with Gasteiger partial charge in [0.15, 0.2) is 5.01 Å². The van der Waals surface area contributed by atoms with E-state index in [0.29, 0.717) is 16.2 Å². The van der Waals surface area contributed by atoms with Gasteiger partial charge in [0.05, 0.1) is 6.04 Å². The summed E-state index contributed by atoms with van der Waals surface area (Å²) in [6, 6.07) is -0.256. The van der Waals surface area contributed by atoms with Gasteiger partial charge in [0.2, 0.25) is 0 Å². The number of rotatable bonds is 7. The zero-order chi connectivity index (χ0) is 14.5. The Morgan fingerprint density at radius 2 is 1.89 bits per heavy atom. The van der Waals surface area contributed by atoms with Crippen molar-refractivity contribution in [3.63, 3.8) is 0 Å². The average Bonchev–Trinajstić information content (AvgIpc) is 2.80. The van der Waals surface area contributed by atoms with Crippen LogP contribution in [0.1, 0.15) is 55.5 Å². The number of alkyl halides is 3. The SMILES string of the molecule is CCCC(CCC)C(NN)c1cnc(C(F)(F)F)s1. The molecule has 0 fully saturated rings. The molecular formula is C12H20F3N3S. The molecule has 7 heteroatoms. The van der Waals surface area contributed by atoms with Gasteiger partial charge in [-0.25, -0.2) is 4.98 Å². The van der Waals surface area contributed by atoms with Crippen molar-refractivity contribution in [3.8, 4) is 0 Å². The molecule has 0 aliphatic heterocycles. The monoisotopic (exact) mass is 295 g/mol. The summed E-state index contributed by atoms with van der Waals surface area (Å²) in [6.45, 7) is 4.12. The number of nitrogens with one attached hydrogen (secondary N) is 1. The Balaban J connectivity index is 2.91. The number of nitrogens with two attached hydrogens (primary N) is 1. The first-order valence-corrected chi connectivity index (χ1v) is 7.24. The molecule has 3 N–H and O–H groups in total. The largest absolute Gasteiger partial charge is 0.443 e. The molecule has 0 aliphatic carbocycles. The highest BCUT2D eigenvalue weighted by Gasteiger charge is 2.36. The summed E-state index contributed by atoms with van der Waals surface area (Å²) in [5.41, 5.74) is 2.66. The topological polar surface area (TPSA) is 50.9 Å². The maximum Gasteiger partial charge on any atom is 0.443 e. The fourth-order valence-electron chi connectivity index (χ4n) is 2.23. The van der Waals surface area contributed by atoms with Crippen LogP contribution in [0, 0.1) is 5.92 Å². The lowest BCUT2D eigenvalue weighted by Gasteiger charge is -2.24. The molecule has 19 heavy (non-hydrogen) atoms. The molecular weight excluding hydrogens is 275 g/mol. The van der Waals surface area contributed by atoms with Gasteiger partial charge in [0, 0.05) is 11.1 Å². The summed E-state index contributed by atoms with van der Waals surface area (Å²) in [7, 11) is 0. The zero-order valence-corrected chi connectivity index (χ0v) is 11.9. The highest BCUT2D eigenvalue weighted by molar-refractivity contribution is 7.11. The van der Waals surface area contributed by atoms with Crippen LogP contribution in [0.2, 0.25) is 0 Å². The molecule has 0 aliphatic rings. The fraction of sp³-hybridized carbons (Fsp3) is 0.750. The van der Waals surface area contributed by atoms with E-state index in [2.05, 4.69) is 24.3 Å². The van der Waals surface area contributed by atoms with Gasteiger partial charge in [-0.15, -0.1) is 11.3 Å². The lowest BCUT2D eigenvalue weighted by molar-refractivity contribution is -0.137. The first-order chi connectivity index (χ1) is 8.93. The highest BCUT2D eigenvalue weighted by atomic mass is 32.1. The van der Waals surface area contributed by atoms with Crippen molar-refractivity contribution in [2.24, 2.45) is 11.8 Å². The molecule has 0 amide bonds. The van der Waals surface area contributed by atoms with Crippen LogP contribution in [-0.4, -0.2) is 4.98 Å². The number of aromatic nitrogens is 1. The second-order valence-corrected chi connectivity index (χ2v) is 5.61. The summed E-state index contributed by atoms with van der Waals surface area (Å²) in [4.78, 5) is 4.01. The molecule has 1 rings (SSSR count). The van der Waals surface area contributed by atoms with Crippen LogP contribution in [0.5, 0.6) is 0 Å². The number of hydrazine groups is 1. The number of nitrogens with zero attached hydrogens (tertiary/aromatic N) is 1. The predicted molar refractivity (Wildman–Crippen MR) is 70.5 cm³/mol. The van der Waals surface area contributed by atoms with Gasteiger partial charge < -0.3 is 0 Å². The van der Waals surface area contributed by atoms with E-state index in [0.717, 1.165) is 25.7 Å². The van der Waals surface area contributed by atoms with Gasteiger partial charge in [0.1, 0.15) is 0 Å². The molecule has 1 aromatic rings. The second kappa shape index (κ2) is 7.21. The van der Waals surface area contributed by atoms with Crippen molar-refractivity contribution in [1.82, 2.24) is 10.4 Å². The smallest absolute Gasteiger partial charge is 0.271 e. The van der Waals surface area contributed by atoms with E-state index in [1.165, 1.54) is 6.20 Å². The Kier molecular flexibility index (Phi) is 6.22. The van der Waals surface area contributed by atoms with E-state index in [1.807, 2.05) is 0 Å². The molecule has 0 saturated heterocycles. The Morgan fingerprint density at radius 3 is 2.26 bits per heavy atom. The van der Waals surface area contributed by atoms with Crippen LogP contribution in [0.3, 0.4) is 0 Å². The highest BCUT2D eigenvalue weighted by Crippen LogP contribution is 2.37. The quantitative estimate of drug-likeness (QED) is 0.593. The minimum Gasteiger partial charge on any atom is -0.271 e. The Hall–Kier alpha value is -0.660. The van der Waals surface area contributed by atoms with Crippen LogP contribution in [0.15, 0.2) is 6.20 Å². The van der Waals surface area contributed by atoms with Gasteiger partial charge in [-0.3, -0.25) is 11.3 Å². The van der Waals surface area contributed by atoms with Crippen molar-refractivity contribution >= 4 is 11.3 Å². The first kappa shape index (κ1) is 16.4. The van der Waals surface area contributed by atoms with Gasteiger partial charge in [-0.05, 0) is 18.8 Å². The standard InChI is InChI=1S/C12H20F3N3S/c1-3-5-8(6-4-2)10(18-16)9-7-17-11(19-9)12(13,14)15/h7-8,10,18H,3-6,16H2,1-2H3. The molecule has 3 nitrogen and oxygen atoms in total. The normalized spacial score (nSPS) is 14.1. The molecule has 0 bridgehead atoms. The number of thiazole rings is 1. The molecule has 0 saturated carbocycles. The first-order valence-electron chi connectivity index (χ1n) is 6.43. The third-order valence-corrected chi connectivity index (χ3v) is 4.17. The molecule has 110 valence electrons. The fourth-order valence-corrected chi connectivity index (χ4v) is 3.17. The van der Waals surface area contributed by atoms with E-state index in [9.17, 15) is 13.2 Å². The van der Waals surface area contributed by atoms with Crippen molar-refractivity contribution in [1.29, 1.82) is 0 Å². The Bertz CT molecular complexity index is 373. The van der Waals surface area contributed by atoms with Crippen LogP contribution in [0.4, 0.5) is 13.2 Å². The molecule has 1 unspecified atom stereocenters. The summed E-state index contributed by atoms with van der Waals surface area (Å²) < 4.78 is 37.7. The lowest BCUT2D eigenvalue weighted by Crippen LogP contribution is -2.33. The Morgan fingerprint density at radius 1 is 1.32 bits per heavy atom. The van der Waals surface area contributed by atoms with E-state index in [1.54, 1.807) is 0 Å². The van der Waals surface area contributed by atoms with Crippen LogP contribution < -0.4 is 11.3 Å². The minimum atomic E-state index is -4.38. The van der Waals surface area contributed by atoms with E-state index < -0.39 is 11.2 Å². The summed E-state index contributed by atoms with van der Waals surface area (Å²) in [5.74, 6) is 5.77. The summed E-state index contributed by atoms with van der Waals surface area (Å²) >= 11 is 0.674. The third kappa shape index (κ3) is 4.43. The van der Waals surface area contributed by atoms with Gasteiger partial charge in [0.25, 0.3) is 0 Å².